The van der Waals surface area contributed by atoms with Gasteiger partial charge in [-0.2, -0.15) is 0 Å². The normalized spacial score (nSPS) is 20.1. The van der Waals surface area contributed by atoms with Gasteiger partial charge in [0.25, 0.3) is 11.8 Å². The minimum Gasteiger partial charge on any atom is -0.509 e. The molecule has 1 aromatic rings. The van der Waals surface area contributed by atoms with Crippen LogP contribution >= 0.6 is 0 Å². The molecule has 0 fully saturated rings. The molecule has 2 heterocycles. The van der Waals surface area contributed by atoms with Gasteiger partial charge in [0.05, 0.1) is 22.3 Å². The minimum absolute atomic E-state index is 0.00793. The Morgan fingerprint density at radius 3 is 2.47 bits per heavy atom. The number of carbonyl (C=O) groups is 2. The molecule has 3 rings (SSSR count). The van der Waals surface area contributed by atoms with E-state index in [1.807, 2.05) is 27.7 Å². The number of primary amides is 1. The fourth-order valence-electron chi connectivity index (χ4n) is 4.63. The number of nitrogens with two attached hydrogens (primary N) is 1. The molecule has 2 atom stereocenters. The van der Waals surface area contributed by atoms with Crippen molar-refractivity contribution in [2.45, 2.75) is 57.9 Å². The van der Waals surface area contributed by atoms with Crippen LogP contribution in [0.3, 0.4) is 0 Å². The molecule has 0 bridgehead atoms. The molecular weight excluding hydrogens is 508 g/mol. The maximum atomic E-state index is 13.6. The van der Waals surface area contributed by atoms with Gasteiger partial charge in [0.2, 0.25) is 20.7 Å². The Hall–Kier alpha value is -3.06. The first-order valence-corrected chi connectivity index (χ1v) is 14.3. The van der Waals surface area contributed by atoms with Crippen molar-refractivity contribution in [2.24, 2.45) is 17.6 Å². The number of rotatable bonds is 10. The lowest BCUT2D eigenvalue weighted by Gasteiger charge is -2.30. The van der Waals surface area contributed by atoms with E-state index >= 15 is 0 Å². The Labute approximate surface area is 212 Å². The molecule has 198 valence electrons. The Bertz CT molecular complexity index is 1320. The molecule has 11 nitrogen and oxygen atoms in total. The topological polar surface area (TPSA) is 176 Å². The second-order valence-electron chi connectivity index (χ2n) is 9.43. The number of anilines is 2. The van der Waals surface area contributed by atoms with Crippen LogP contribution in [0.5, 0.6) is 0 Å². The van der Waals surface area contributed by atoms with E-state index in [4.69, 9.17) is 5.73 Å². The summed E-state index contributed by atoms with van der Waals surface area (Å²) in [4.78, 5) is 26.3. The third-order valence-electron chi connectivity index (χ3n) is 6.30. The third kappa shape index (κ3) is 5.07. The van der Waals surface area contributed by atoms with Crippen LogP contribution in [0.2, 0.25) is 0 Å². The maximum absolute atomic E-state index is 13.6. The van der Waals surface area contributed by atoms with Gasteiger partial charge in [-0.1, -0.05) is 34.1 Å². The van der Waals surface area contributed by atoms with Gasteiger partial charge < -0.3 is 21.1 Å². The number of amides is 2. The summed E-state index contributed by atoms with van der Waals surface area (Å²) in [7, 11) is -7.64. The molecule has 0 aliphatic carbocycles. The molecule has 0 saturated heterocycles. The molecule has 1 aromatic carbocycles. The maximum Gasteiger partial charge on any atom is 0.262 e. The van der Waals surface area contributed by atoms with Crippen LogP contribution < -0.4 is 15.8 Å². The van der Waals surface area contributed by atoms with Crippen molar-refractivity contribution in [3.8, 4) is 0 Å². The first-order chi connectivity index (χ1) is 16.8. The van der Waals surface area contributed by atoms with Crippen LogP contribution in [-0.4, -0.2) is 51.2 Å². The number of aliphatic hydroxyl groups is 1. The number of benzene rings is 1. The number of nitrogens with zero attached hydrogens (tertiary/aromatic N) is 1. The highest BCUT2D eigenvalue weighted by atomic mass is 32.2. The second-order valence-corrected chi connectivity index (χ2v) is 12.0. The molecule has 2 aliphatic heterocycles. The summed E-state index contributed by atoms with van der Waals surface area (Å²) in [5.41, 5.74) is 4.77. The van der Waals surface area contributed by atoms with Crippen molar-refractivity contribution < 1.29 is 31.5 Å². The lowest BCUT2D eigenvalue weighted by atomic mass is 9.94. The van der Waals surface area contributed by atoms with Crippen LogP contribution in [0.15, 0.2) is 45.0 Å². The lowest BCUT2D eigenvalue weighted by molar-refractivity contribution is -0.127. The molecule has 13 heteroatoms. The largest absolute Gasteiger partial charge is 0.509 e. The van der Waals surface area contributed by atoms with E-state index in [2.05, 4.69) is 10.0 Å². The highest BCUT2D eigenvalue weighted by Gasteiger charge is 2.47. The molecule has 2 aliphatic rings. The second kappa shape index (κ2) is 10.5. The molecule has 0 spiro atoms. The van der Waals surface area contributed by atoms with Crippen LogP contribution in [0, 0.1) is 11.8 Å². The zero-order valence-electron chi connectivity index (χ0n) is 20.6. The lowest BCUT2D eigenvalue weighted by Crippen LogP contribution is -2.41. The average molecular weight is 541 g/mol. The molecule has 0 aromatic heterocycles. The van der Waals surface area contributed by atoms with Crippen molar-refractivity contribution in [3.63, 3.8) is 0 Å². The summed E-state index contributed by atoms with van der Waals surface area (Å²) in [6, 6.07) is 2.99. The smallest absolute Gasteiger partial charge is 0.262 e. The molecule has 2 amide bonds. The van der Waals surface area contributed by atoms with Gasteiger partial charge in [0, 0.05) is 12.2 Å². The van der Waals surface area contributed by atoms with Gasteiger partial charge in [0.1, 0.15) is 11.3 Å². The van der Waals surface area contributed by atoms with Crippen molar-refractivity contribution in [1.29, 1.82) is 0 Å². The number of carbonyl (C=O) groups excluding carboxylic acids is 2. The predicted molar refractivity (Wildman–Crippen MR) is 136 cm³/mol. The number of aliphatic hydroxyl groups excluding tert-OH is 1. The number of sulfone groups is 1. The summed E-state index contributed by atoms with van der Waals surface area (Å²) in [5.74, 6) is -2.08. The summed E-state index contributed by atoms with van der Waals surface area (Å²) < 4.78 is 51.1. The molecule has 36 heavy (non-hydrogen) atoms. The number of hydrogen-bond donors (Lipinski definition) is 5. The van der Waals surface area contributed by atoms with Gasteiger partial charge in [-0.3, -0.25) is 14.3 Å². The van der Waals surface area contributed by atoms with E-state index in [-0.39, 0.29) is 45.1 Å². The monoisotopic (exact) mass is 540 g/mol. The van der Waals surface area contributed by atoms with Crippen molar-refractivity contribution in [1.82, 2.24) is 4.90 Å². The van der Waals surface area contributed by atoms with Crippen LogP contribution in [0.4, 0.5) is 11.4 Å². The standard InChI is InChI=1S/C23H32N4O7S2/c1-5-6-13(4)19-20(28)17(23(30)27(19)10-9-12(2)3)18-21(22(24)29)36(33,34)16-11-14(26-35(31)32)7-8-15(16)25-18/h7-8,11-13,19,25,28,35H,5-6,9-10H2,1-4H3,(H2,24,29)(H,26,31,32). The van der Waals surface area contributed by atoms with Gasteiger partial charge in [-0.25, -0.2) is 16.8 Å². The molecule has 0 radical (unpaired) electrons. The van der Waals surface area contributed by atoms with Gasteiger partial charge in [-0.15, -0.1) is 0 Å². The summed E-state index contributed by atoms with van der Waals surface area (Å²) in [6.45, 7) is 8.24. The average Bonchev–Trinajstić information content (AvgIpc) is 3.00. The van der Waals surface area contributed by atoms with E-state index in [1.54, 1.807) is 0 Å². The molecule has 0 saturated carbocycles. The summed E-state index contributed by atoms with van der Waals surface area (Å²) in [5, 5.41) is 14.1. The first kappa shape index (κ1) is 27.5. The third-order valence-corrected chi connectivity index (χ3v) is 8.60. The summed E-state index contributed by atoms with van der Waals surface area (Å²) >= 11 is 0. The van der Waals surface area contributed by atoms with Crippen LogP contribution in [-0.2, 0) is 30.3 Å². The van der Waals surface area contributed by atoms with Gasteiger partial charge >= 0.3 is 0 Å². The zero-order chi connectivity index (χ0) is 26.9. The Morgan fingerprint density at radius 2 is 1.92 bits per heavy atom. The molecule has 5 N–H and O–H groups in total. The Balaban J connectivity index is 2.21. The number of thiol groups is 1. The zero-order valence-corrected chi connectivity index (χ0v) is 22.3. The van der Waals surface area contributed by atoms with E-state index in [0.717, 1.165) is 12.5 Å². The SMILES string of the molecule is CCCC(C)C1C(O)=C(C2=C(C(N)=O)S(=O)(=O)c3cc(N[SH](=O)=O)ccc3N2)C(=O)N1CCC(C)C. The quantitative estimate of drug-likeness (QED) is 0.280. The number of nitrogens with one attached hydrogen (secondary N) is 2. The Kier molecular flexibility index (Phi) is 8.04. The fourth-order valence-corrected chi connectivity index (χ4v) is 6.58. The van der Waals surface area contributed by atoms with E-state index in [1.165, 1.54) is 17.0 Å². The fraction of sp³-hybridized carbons (Fsp3) is 0.478. The van der Waals surface area contributed by atoms with E-state index < -0.39 is 43.5 Å². The number of fused-ring (bicyclic) bond motifs is 1. The number of hydrogen-bond acceptors (Lipinski definition) is 8. The summed E-state index contributed by atoms with van der Waals surface area (Å²) in [6.07, 6.45) is 2.18. The predicted octanol–water partition coefficient (Wildman–Crippen LogP) is 2.03. The van der Waals surface area contributed by atoms with Crippen molar-refractivity contribution >= 4 is 43.9 Å². The molecule has 2 unspecified atom stereocenters. The highest BCUT2D eigenvalue weighted by Crippen LogP contribution is 2.42. The van der Waals surface area contributed by atoms with E-state index in [0.29, 0.717) is 19.4 Å². The highest BCUT2D eigenvalue weighted by molar-refractivity contribution is 7.96. The van der Waals surface area contributed by atoms with Crippen molar-refractivity contribution in [3.05, 3.63) is 40.1 Å². The van der Waals surface area contributed by atoms with Crippen molar-refractivity contribution in [2.75, 3.05) is 16.6 Å². The molecular formula is C23H32N4O7S2. The van der Waals surface area contributed by atoms with Gasteiger partial charge in [-0.05, 0) is 42.9 Å². The van der Waals surface area contributed by atoms with Crippen LogP contribution in [0.25, 0.3) is 0 Å². The minimum atomic E-state index is -4.58. The van der Waals surface area contributed by atoms with Crippen LogP contribution in [0.1, 0.15) is 47.0 Å². The van der Waals surface area contributed by atoms with E-state index in [9.17, 15) is 31.5 Å². The Morgan fingerprint density at radius 1 is 1.25 bits per heavy atom. The van der Waals surface area contributed by atoms with Gasteiger partial charge in [0.15, 0.2) is 4.91 Å². The first-order valence-electron chi connectivity index (χ1n) is 11.7.